The highest BCUT2D eigenvalue weighted by Crippen LogP contribution is 2.26. The Kier molecular flexibility index (Phi) is 6.34. The van der Waals surface area contributed by atoms with Crippen LogP contribution in [0.3, 0.4) is 0 Å². The van der Waals surface area contributed by atoms with Crippen LogP contribution in [0.5, 0.6) is 0 Å². The molecule has 0 aliphatic carbocycles. The van der Waals surface area contributed by atoms with Gasteiger partial charge < -0.3 is 4.57 Å². The summed E-state index contributed by atoms with van der Waals surface area (Å²) in [5.74, 6) is -0.412. The van der Waals surface area contributed by atoms with E-state index in [0.29, 0.717) is 5.56 Å². The Bertz CT molecular complexity index is 1170. The van der Waals surface area contributed by atoms with Gasteiger partial charge in [0.15, 0.2) is 0 Å². The number of rotatable bonds is 6. The smallest absolute Gasteiger partial charge is 0.273 e. The van der Waals surface area contributed by atoms with E-state index in [1.165, 1.54) is 22.8 Å². The number of nitro benzene ring substituents is 1. The number of nitrogens with zero attached hydrogens (tertiary/aromatic N) is 3. The lowest BCUT2D eigenvalue weighted by Gasteiger charge is -2.16. The fraction of sp³-hybridized carbons (Fsp3) is 0.250. The van der Waals surface area contributed by atoms with Crippen LogP contribution in [0.2, 0.25) is 0 Å². The zero-order valence-corrected chi connectivity index (χ0v) is 18.4. The minimum atomic E-state index is -0.490. The van der Waals surface area contributed by atoms with Crippen molar-refractivity contribution in [1.82, 2.24) is 9.99 Å². The molecule has 0 atom stereocenters. The highest BCUT2D eigenvalue weighted by atomic mass is 16.6. The van der Waals surface area contributed by atoms with Crippen LogP contribution >= 0.6 is 0 Å². The summed E-state index contributed by atoms with van der Waals surface area (Å²) in [6.07, 6.45) is 1.49. The highest BCUT2D eigenvalue weighted by Gasteiger charge is 2.16. The van der Waals surface area contributed by atoms with E-state index in [9.17, 15) is 14.9 Å². The first-order chi connectivity index (χ1) is 14.7. The third-order valence-electron chi connectivity index (χ3n) is 5.26. The maximum atomic E-state index is 12.2. The number of nitrogens with one attached hydrogen (secondary N) is 1. The number of carbonyl (C=O) groups excluding carboxylic acids is 1. The van der Waals surface area contributed by atoms with Gasteiger partial charge in [-0.25, -0.2) is 5.43 Å². The molecule has 0 aliphatic heterocycles. The second-order valence-corrected chi connectivity index (χ2v) is 7.76. The second kappa shape index (κ2) is 8.95. The zero-order chi connectivity index (χ0) is 22.7. The second-order valence-electron chi connectivity index (χ2n) is 7.76. The van der Waals surface area contributed by atoms with E-state index in [-0.39, 0.29) is 12.1 Å². The molecule has 0 fully saturated rings. The number of benzene rings is 2. The van der Waals surface area contributed by atoms with Gasteiger partial charge in [-0.3, -0.25) is 14.9 Å². The Morgan fingerprint density at radius 3 is 2.39 bits per heavy atom. The largest absolute Gasteiger partial charge is 0.317 e. The molecule has 0 bridgehead atoms. The van der Waals surface area contributed by atoms with E-state index in [1.807, 2.05) is 19.9 Å². The molecule has 0 aliphatic rings. The number of para-hydroxylation sites is 1. The molecule has 31 heavy (non-hydrogen) atoms. The molecular weight excluding hydrogens is 392 g/mol. The number of aromatic nitrogens is 1. The molecule has 0 saturated carbocycles. The number of hydrazone groups is 1. The first kappa shape index (κ1) is 22.0. The third kappa shape index (κ3) is 4.71. The van der Waals surface area contributed by atoms with Crippen LogP contribution in [0.25, 0.3) is 5.69 Å². The minimum Gasteiger partial charge on any atom is -0.317 e. The van der Waals surface area contributed by atoms with Gasteiger partial charge in [-0.1, -0.05) is 35.9 Å². The number of aryl methyl sites for hydroxylation is 4. The summed E-state index contributed by atoms with van der Waals surface area (Å²) in [6, 6.07) is 12.5. The summed E-state index contributed by atoms with van der Waals surface area (Å²) in [5.41, 5.74) is 10.5. The molecule has 0 unspecified atom stereocenters. The van der Waals surface area contributed by atoms with Crippen molar-refractivity contribution in [2.45, 2.75) is 41.0 Å². The summed E-state index contributed by atoms with van der Waals surface area (Å²) >= 11 is 0. The van der Waals surface area contributed by atoms with Crippen molar-refractivity contribution in [2.24, 2.45) is 5.10 Å². The number of hydrogen-bond donors (Lipinski definition) is 1. The molecule has 7 nitrogen and oxygen atoms in total. The first-order valence-corrected chi connectivity index (χ1v) is 10.0. The summed E-state index contributed by atoms with van der Waals surface area (Å²) < 4.78 is 2.20. The van der Waals surface area contributed by atoms with Crippen molar-refractivity contribution < 1.29 is 9.72 Å². The van der Waals surface area contributed by atoms with Crippen LogP contribution in [-0.4, -0.2) is 21.6 Å². The van der Waals surface area contributed by atoms with Gasteiger partial charge in [0.05, 0.1) is 23.2 Å². The monoisotopic (exact) mass is 418 g/mol. The molecule has 1 heterocycles. The van der Waals surface area contributed by atoms with Gasteiger partial charge in [0, 0.05) is 28.6 Å². The van der Waals surface area contributed by atoms with Crippen LogP contribution < -0.4 is 5.43 Å². The van der Waals surface area contributed by atoms with Gasteiger partial charge in [0.2, 0.25) is 5.91 Å². The van der Waals surface area contributed by atoms with Gasteiger partial charge >= 0.3 is 0 Å². The molecule has 1 aromatic heterocycles. The maximum absolute atomic E-state index is 12.2. The summed E-state index contributed by atoms with van der Waals surface area (Å²) in [7, 11) is 0. The van der Waals surface area contributed by atoms with E-state index in [1.54, 1.807) is 24.4 Å². The molecule has 0 saturated heterocycles. The van der Waals surface area contributed by atoms with Gasteiger partial charge in [-0.15, -0.1) is 0 Å². The molecule has 7 heteroatoms. The van der Waals surface area contributed by atoms with E-state index in [0.717, 1.165) is 22.6 Å². The molecule has 160 valence electrons. The molecule has 1 amide bonds. The van der Waals surface area contributed by atoms with Crippen LogP contribution in [-0.2, 0) is 11.2 Å². The topological polar surface area (TPSA) is 89.5 Å². The third-order valence-corrected chi connectivity index (χ3v) is 5.26. The van der Waals surface area contributed by atoms with Gasteiger partial charge in [-0.2, -0.15) is 5.10 Å². The zero-order valence-electron chi connectivity index (χ0n) is 18.4. The number of hydrogen-bond acceptors (Lipinski definition) is 4. The van der Waals surface area contributed by atoms with Crippen molar-refractivity contribution in [3.8, 4) is 5.69 Å². The Balaban J connectivity index is 1.78. The molecule has 2 aromatic carbocycles. The lowest BCUT2D eigenvalue weighted by molar-refractivity contribution is -0.385. The normalized spacial score (nSPS) is 11.1. The predicted octanol–water partition coefficient (Wildman–Crippen LogP) is 4.62. The summed E-state index contributed by atoms with van der Waals surface area (Å²) in [5, 5.41) is 15.2. The molecule has 3 rings (SSSR count). The van der Waals surface area contributed by atoms with Crippen LogP contribution in [0.1, 0.15) is 39.2 Å². The Hall–Kier alpha value is -3.74. The fourth-order valence-electron chi connectivity index (χ4n) is 4.01. The van der Waals surface area contributed by atoms with Gasteiger partial charge in [0.25, 0.3) is 5.69 Å². The van der Waals surface area contributed by atoms with Crippen molar-refractivity contribution in [3.05, 3.63) is 91.8 Å². The van der Waals surface area contributed by atoms with E-state index < -0.39 is 10.8 Å². The average Bonchev–Trinajstić information content (AvgIpc) is 2.95. The number of amides is 1. The number of carbonyl (C=O) groups is 1. The van der Waals surface area contributed by atoms with Crippen molar-refractivity contribution in [2.75, 3.05) is 0 Å². The highest BCUT2D eigenvalue weighted by molar-refractivity contribution is 5.85. The van der Waals surface area contributed by atoms with Crippen LogP contribution in [0, 0.1) is 44.7 Å². The first-order valence-electron chi connectivity index (χ1n) is 10.0. The van der Waals surface area contributed by atoms with Crippen LogP contribution in [0.15, 0.2) is 47.6 Å². The Labute approximate surface area is 181 Å². The molecule has 0 radical (unpaired) electrons. The Morgan fingerprint density at radius 1 is 1.10 bits per heavy atom. The minimum absolute atomic E-state index is 0.0750. The maximum Gasteiger partial charge on any atom is 0.273 e. The van der Waals surface area contributed by atoms with Gasteiger partial charge in [-0.05, 0) is 51.8 Å². The number of nitro groups is 1. The standard InChI is InChI=1S/C24H26N4O3/c1-15-10-16(2)24(17(3)11-15)27-18(4)12-21(19(27)5)14-25-26-23(29)13-20-8-6-7-9-22(20)28(30)31/h6-12,14H,13H2,1-5H3,(H,26,29)/b25-14+. The predicted molar refractivity (Wildman–Crippen MR) is 122 cm³/mol. The van der Waals surface area contributed by atoms with E-state index >= 15 is 0 Å². The molecule has 3 aromatic rings. The van der Waals surface area contributed by atoms with Crippen molar-refractivity contribution >= 4 is 17.8 Å². The summed E-state index contributed by atoms with van der Waals surface area (Å²) in [4.78, 5) is 22.8. The van der Waals surface area contributed by atoms with E-state index in [2.05, 4.69) is 48.0 Å². The fourth-order valence-corrected chi connectivity index (χ4v) is 4.01. The average molecular weight is 418 g/mol. The molecular formula is C24H26N4O3. The van der Waals surface area contributed by atoms with Gasteiger partial charge in [0.1, 0.15) is 0 Å². The Morgan fingerprint density at radius 2 is 1.74 bits per heavy atom. The molecule has 1 N–H and O–H groups in total. The SMILES string of the molecule is Cc1cc(C)c(-n2c(C)cc(/C=N/NC(=O)Cc3ccccc3[N+](=O)[O-])c2C)c(C)c1. The summed E-state index contributed by atoms with van der Waals surface area (Å²) in [6.45, 7) is 10.3. The lowest BCUT2D eigenvalue weighted by atomic mass is 10.0. The van der Waals surface area contributed by atoms with Crippen LogP contribution in [0.4, 0.5) is 5.69 Å². The quantitative estimate of drug-likeness (QED) is 0.360. The lowest BCUT2D eigenvalue weighted by Crippen LogP contribution is -2.20. The molecule has 0 spiro atoms. The van der Waals surface area contributed by atoms with Crippen molar-refractivity contribution in [1.29, 1.82) is 0 Å². The van der Waals surface area contributed by atoms with Crippen molar-refractivity contribution in [3.63, 3.8) is 0 Å². The van der Waals surface area contributed by atoms with E-state index in [4.69, 9.17) is 0 Å².